The van der Waals surface area contributed by atoms with E-state index in [0.29, 0.717) is 0 Å². The van der Waals surface area contributed by atoms with Crippen molar-refractivity contribution < 1.29 is 0 Å². The van der Waals surface area contributed by atoms with Gasteiger partial charge in [0.05, 0.1) is 34.1 Å². The lowest BCUT2D eigenvalue weighted by molar-refractivity contribution is 1.26. The molecule has 0 fully saturated rings. The standard InChI is InChI=1S/C91H63B3N8S6/c1-103-100-75-55-73-69(93-85-74(95-73)47-64(96(57-29-11-4-12-30-57)58-31-13-5-14-32-58)48-78(85)99(63-41-23-10-24-42-63)88-67-43-25-27-45-82(67)107-90(88)93)53-70(75)92-71-54-72-77(56-76(71)101(104-2)80-50-65(49-79(100)86(80)92)97(59-33-15-6-16-34-59)60-35-17-7-18-36-60)102(105-3)81-51-66(98(61-37-19-8-20-38-61)62-39-21-9-22-40-62)52-84-87(81)94(72)91-89(106-84)68-44-26-28-46-83(68)108-91/h4-56,95H,1-3H3. The van der Waals surface area contributed by atoms with Crippen LogP contribution < -0.4 is 85.6 Å². The molecule has 0 radical (unpaired) electrons. The van der Waals surface area contributed by atoms with Gasteiger partial charge >= 0.3 is 0 Å². The smallest absolute Gasteiger partial charge is 0.264 e. The summed E-state index contributed by atoms with van der Waals surface area (Å²) in [6, 6.07) is 120. The largest absolute Gasteiger partial charge is 0.356 e. The number of fused-ring (bicyclic) bond motifs is 16. The molecular weight excluding hydrogens is 1430 g/mol. The molecule has 108 heavy (non-hydrogen) atoms. The average molecular weight is 1490 g/mol. The van der Waals surface area contributed by atoms with Gasteiger partial charge in [0.25, 0.3) is 20.1 Å². The molecule has 0 saturated carbocycles. The van der Waals surface area contributed by atoms with Gasteiger partial charge in [0.15, 0.2) is 0 Å². The molecule has 0 saturated heterocycles. The van der Waals surface area contributed by atoms with Crippen LogP contribution in [0.15, 0.2) is 331 Å². The Hall–Kier alpha value is -11.0. The molecule has 2 aromatic heterocycles. The van der Waals surface area contributed by atoms with E-state index in [1.54, 1.807) is 35.8 Å². The molecule has 0 atom stereocenters. The van der Waals surface area contributed by atoms with Crippen molar-refractivity contribution >= 4 is 272 Å². The van der Waals surface area contributed by atoms with Gasteiger partial charge in [0.1, 0.15) is 0 Å². The lowest BCUT2D eigenvalue weighted by Crippen LogP contribution is -2.65. The van der Waals surface area contributed by atoms with Crippen molar-refractivity contribution in [3.8, 4) is 0 Å². The number of para-hydroxylation sites is 7. The van der Waals surface area contributed by atoms with Crippen LogP contribution in [0.4, 0.5) is 114 Å². The van der Waals surface area contributed by atoms with E-state index in [0.717, 1.165) is 73.9 Å². The van der Waals surface area contributed by atoms with E-state index < -0.39 is 0 Å². The Morgan fingerprint density at radius 3 is 1.20 bits per heavy atom. The highest BCUT2D eigenvalue weighted by molar-refractivity contribution is 8.01. The highest BCUT2D eigenvalue weighted by atomic mass is 32.2. The van der Waals surface area contributed by atoms with Crippen molar-refractivity contribution in [3.05, 3.63) is 322 Å². The van der Waals surface area contributed by atoms with Gasteiger partial charge in [-0.25, -0.2) is 0 Å². The quantitative estimate of drug-likeness (QED) is 0.0882. The van der Waals surface area contributed by atoms with Crippen LogP contribution in [0.25, 0.3) is 20.2 Å². The first-order valence-corrected chi connectivity index (χ1v) is 42.4. The molecule has 16 aromatic rings. The number of nitrogens with zero attached hydrogens (tertiary/aromatic N) is 7. The minimum Gasteiger partial charge on any atom is -0.356 e. The first-order valence-electron chi connectivity index (χ1n) is 36.4. The number of hydrogen-bond acceptors (Lipinski definition) is 14. The molecule has 14 aromatic carbocycles. The first-order chi connectivity index (χ1) is 53.5. The van der Waals surface area contributed by atoms with Gasteiger partial charge in [-0.15, -0.1) is 22.7 Å². The number of thiophene rings is 2. The van der Waals surface area contributed by atoms with Gasteiger partial charge in [0.2, 0.25) is 0 Å². The maximum Gasteiger partial charge on any atom is 0.264 e. The molecule has 17 heteroatoms. The van der Waals surface area contributed by atoms with Crippen molar-refractivity contribution in [1.29, 1.82) is 0 Å². The third-order valence-electron chi connectivity index (χ3n) is 22.2. The number of benzene rings is 14. The summed E-state index contributed by atoms with van der Waals surface area (Å²) in [5.74, 6) is 0. The zero-order valence-corrected chi connectivity index (χ0v) is 63.8. The Labute approximate surface area is 654 Å². The van der Waals surface area contributed by atoms with Crippen LogP contribution in [0.1, 0.15) is 0 Å². The van der Waals surface area contributed by atoms with Gasteiger partial charge in [-0.3, -0.25) is 12.9 Å². The van der Waals surface area contributed by atoms with Gasteiger partial charge in [0, 0.05) is 133 Å². The summed E-state index contributed by atoms with van der Waals surface area (Å²) in [5, 5.41) is 6.88. The molecular formula is C91H63B3N8S6. The van der Waals surface area contributed by atoms with Gasteiger partial charge < -0.3 is 24.9 Å². The van der Waals surface area contributed by atoms with Crippen LogP contribution >= 0.6 is 70.3 Å². The summed E-state index contributed by atoms with van der Waals surface area (Å²) < 4.78 is 13.0. The van der Waals surface area contributed by atoms with Crippen LogP contribution in [0.5, 0.6) is 0 Å². The normalized spacial score (nSPS) is 13.5. The summed E-state index contributed by atoms with van der Waals surface area (Å²) in [5.41, 5.74) is 31.8. The zero-order valence-electron chi connectivity index (χ0n) is 58.9. The Morgan fingerprint density at radius 1 is 0.306 bits per heavy atom. The Balaban J connectivity index is 0.814. The maximum atomic E-state index is 4.32. The lowest BCUT2D eigenvalue weighted by atomic mass is 9.30. The molecule has 0 amide bonds. The molecule has 0 spiro atoms. The summed E-state index contributed by atoms with van der Waals surface area (Å²) in [6.07, 6.45) is 6.80. The molecule has 22 rings (SSSR count). The Morgan fingerprint density at radius 2 is 0.694 bits per heavy atom. The van der Waals surface area contributed by atoms with E-state index in [-0.39, 0.29) is 20.1 Å². The van der Waals surface area contributed by atoms with Gasteiger partial charge in [-0.05, 0) is 224 Å². The van der Waals surface area contributed by atoms with E-state index in [9.17, 15) is 0 Å². The summed E-state index contributed by atoms with van der Waals surface area (Å²) in [4.78, 5) is 12.5. The van der Waals surface area contributed by atoms with Crippen LogP contribution in [0.2, 0.25) is 0 Å². The fourth-order valence-corrected chi connectivity index (χ4v) is 24.1. The first kappa shape index (κ1) is 64.2. The molecule has 6 aliphatic heterocycles. The van der Waals surface area contributed by atoms with E-state index in [4.69, 9.17) is 0 Å². The molecule has 8 heterocycles. The summed E-state index contributed by atoms with van der Waals surface area (Å²) in [6.45, 7) is -0.390. The lowest BCUT2D eigenvalue weighted by Gasteiger charge is -2.46. The number of anilines is 20. The van der Waals surface area contributed by atoms with Crippen molar-refractivity contribution in [2.75, 3.05) is 56.6 Å². The molecule has 8 nitrogen and oxygen atoms in total. The summed E-state index contributed by atoms with van der Waals surface area (Å²) >= 11 is 11.3. The molecule has 1 N–H and O–H groups in total. The van der Waals surface area contributed by atoms with Gasteiger partial charge in [-0.2, -0.15) is 0 Å². The average Bonchev–Trinajstić information content (AvgIpc) is 0.956. The van der Waals surface area contributed by atoms with Crippen LogP contribution in [-0.4, -0.2) is 38.9 Å². The van der Waals surface area contributed by atoms with E-state index in [1.807, 2.05) is 34.4 Å². The van der Waals surface area contributed by atoms with Crippen molar-refractivity contribution in [1.82, 2.24) is 0 Å². The number of nitrogens with one attached hydrogen (secondary N) is 1. The second-order valence-electron chi connectivity index (χ2n) is 27.9. The zero-order chi connectivity index (χ0) is 71.4. The number of hydrogen-bond donors (Lipinski definition) is 1. The van der Waals surface area contributed by atoms with E-state index in [1.165, 1.54) is 118 Å². The fraction of sp³-hybridized carbons (Fsp3) is 0.0330. The van der Waals surface area contributed by atoms with Crippen LogP contribution in [0, 0.1) is 0 Å². The van der Waals surface area contributed by atoms with Crippen LogP contribution in [-0.2, 0) is 0 Å². The molecule has 6 aliphatic rings. The number of rotatable bonds is 13. The third kappa shape index (κ3) is 9.78. The monoisotopic (exact) mass is 1490 g/mol. The molecule has 0 aliphatic carbocycles. The molecule has 0 bridgehead atoms. The maximum absolute atomic E-state index is 4.32. The van der Waals surface area contributed by atoms with Gasteiger partial charge in [-0.1, -0.05) is 188 Å². The van der Waals surface area contributed by atoms with Crippen molar-refractivity contribution in [2.24, 2.45) is 0 Å². The van der Waals surface area contributed by atoms with Crippen molar-refractivity contribution in [3.63, 3.8) is 0 Å². The molecule has 512 valence electrons. The Kier molecular flexibility index (Phi) is 15.2. The predicted octanol–water partition coefficient (Wildman–Crippen LogP) is 20.6. The van der Waals surface area contributed by atoms with Crippen molar-refractivity contribution in [2.45, 2.75) is 9.79 Å². The SMILES string of the molecule is CSN1c2cc3c(cc2B2c4sc5ccccc5c4Sc4cc(N(c5ccccc5)c5ccccc5)cc1c42)B1c2cc4c(cc2N(SC)c2cc(N(c5ccccc5)c5ccccc5)cc(c21)N3SC)Nc1cc(N(c2ccccc2)c2ccccc2)cc2c1B4c1sc3ccccc3c1N2c1ccccc1. The topological polar surface area (TPSA) is 34.7 Å². The van der Waals surface area contributed by atoms with E-state index in [2.05, 4.69) is 378 Å². The van der Waals surface area contributed by atoms with Crippen LogP contribution in [0.3, 0.4) is 0 Å². The Bertz CT molecular complexity index is 6180. The highest BCUT2D eigenvalue weighted by Gasteiger charge is 2.51. The molecule has 0 unspecified atom stereocenters. The minimum atomic E-state index is -0.200. The second-order valence-corrected chi connectivity index (χ2v) is 33.3. The van der Waals surface area contributed by atoms with E-state index >= 15 is 0 Å². The second kappa shape index (κ2) is 25.6. The predicted molar refractivity (Wildman–Crippen MR) is 476 cm³/mol. The highest BCUT2D eigenvalue weighted by Crippen LogP contribution is 2.54. The minimum absolute atomic E-state index is 0.0567. The fourth-order valence-electron chi connectivity index (χ4n) is 17.9. The third-order valence-corrected chi connectivity index (χ3v) is 28.3. The summed E-state index contributed by atoms with van der Waals surface area (Å²) in [7, 11) is 0.